The van der Waals surface area contributed by atoms with Gasteiger partial charge in [0.15, 0.2) is 11.5 Å². The molecule has 0 fully saturated rings. The Kier molecular flexibility index (Phi) is 4.97. The zero-order valence-corrected chi connectivity index (χ0v) is 15.3. The van der Waals surface area contributed by atoms with Crippen LogP contribution in [0, 0.1) is 0 Å². The van der Waals surface area contributed by atoms with Crippen LogP contribution in [0.4, 0.5) is 17.1 Å². The number of pyridine rings is 1. The van der Waals surface area contributed by atoms with Crippen molar-refractivity contribution in [3.8, 4) is 17.2 Å². The van der Waals surface area contributed by atoms with Crippen LogP contribution >= 0.6 is 0 Å². The van der Waals surface area contributed by atoms with Crippen LogP contribution in [0.2, 0.25) is 0 Å². The Labute approximate surface area is 162 Å². The summed E-state index contributed by atoms with van der Waals surface area (Å²) >= 11 is 0. The van der Waals surface area contributed by atoms with Gasteiger partial charge in [0.1, 0.15) is 24.7 Å². The maximum atomic E-state index is 12.6. The van der Waals surface area contributed by atoms with Crippen molar-refractivity contribution in [3.63, 3.8) is 0 Å². The predicted molar refractivity (Wildman–Crippen MR) is 106 cm³/mol. The van der Waals surface area contributed by atoms with E-state index < -0.39 is 0 Å². The Morgan fingerprint density at radius 1 is 1.00 bits per heavy atom. The van der Waals surface area contributed by atoms with E-state index in [1.807, 2.05) is 24.3 Å². The summed E-state index contributed by atoms with van der Waals surface area (Å²) in [4.78, 5) is 16.8. The molecule has 1 aliphatic heterocycles. The summed E-state index contributed by atoms with van der Waals surface area (Å²) in [6.07, 6.45) is 1.58. The molecule has 4 rings (SSSR count). The van der Waals surface area contributed by atoms with Gasteiger partial charge in [-0.3, -0.25) is 9.78 Å². The molecule has 1 aromatic heterocycles. The number of anilines is 3. The van der Waals surface area contributed by atoms with E-state index in [0.29, 0.717) is 36.1 Å². The number of fused-ring (bicyclic) bond motifs is 1. The molecule has 142 valence electrons. The fourth-order valence-corrected chi connectivity index (χ4v) is 2.85. The lowest BCUT2D eigenvalue weighted by Crippen LogP contribution is -2.17. The van der Waals surface area contributed by atoms with E-state index in [2.05, 4.69) is 15.6 Å². The van der Waals surface area contributed by atoms with Crippen molar-refractivity contribution in [1.82, 2.24) is 4.98 Å². The normalized spacial score (nSPS) is 12.2. The van der Waals surface area contributed by atoms with Crippen LogP contribution in [0.15, 0.2) is 60.8 Å². The third-order valence-corrected chi connectivity index (χ3v) is 4.18. The molecule has 0 atom stereocenters. The first-order valence-electron chi connectivity index (χ1n) is 8.80. The molecule has 2 heterocycles. The van der Waals surface area contributed by atoms with E-state index in [4.69, 9.17) is 14.2 Å². The second-order valence-electron chi connectivity index (χ2n) is 6.07. The molecule has 0 bridgehead atoms. The number of amides is 1. The van der Waals surface area contributed by atoms with E-state index in [1.165, 1.54) is 0 Å². The number of aromatic nitrogens is 1. The summed E-state index contributed by atoms with van der Waals surface area (Å²) < 4.78 is 16.4. The molecule has 0 saturated carbocycles. The molecule has 7 nitrogen and oxygen atoms in total. The minimum atomic E-state index is -0.319. The molecule has 7 heteroatoms. The van der Waals surface area contributed by atoms with Crippen LogP contribution in [0.5, 0.6) is 17.2 Å². The lowest BCUT2D eigenvalue weighted by Gasteiger charge is -2.19. The van der Waals surface area contributed by atoms with Gasteiger partial charge in [-0.15, -0.1) is 0 Å². The summed E-state index contributed by atoms with van der Waals surface area (Å²) in [5, 5.41) is 6.07. The summed E-state index contributed by atoms with van der Waals surface area (Å²) in [6, 6.07) is 16.3. The van der Waals surface area contributed by atoms with Crippen LogP contribution in [0.25, 0.3) is 0 Å². The number of carbonyl (C=O) groups is 1. The highest BCUT2D eigenvalue weighted by Crippen LogP contribution is 2.33. The van der Waals surface area contributed by atoms with Gasteiger partial charge in [-0.1, -0.05) is 12.1 Å². The maximum absolute atomic E-state index is 12.6. The molecule has 1 aliphatic rings. The molecular formula is C21H19N3O4. The summed E-state index contributed by atoms with van der Waals surface area (Å²) in [7, 11) is 1.61. The van der Waals surface area contributed by atoms with Crippen LogP contribution in [-0.2, 0) is 0 Å². The monoisotopic (exact) mass is 377 g/mol. The van der Waals surface area contributed by atoms with Crippen molar-refractivity contribution in [2.75, 3.05) is 31.0 Å². The Morgan fingerprint density at radius 2 is 1.82 bits per heavy atom. The first-order valence-corrected chi connectivity index (χ1v) is 8.80. The Balaban J connectivity index is 1.50. The minimum Gasteiger partial charge on any atom is -0.495 e. The molecule has 0 spiro atoms. The lowest BCUT2D eigenvalue weighted by atomic mass is 10.2. The molecule has 0 aliphatic carbocycles. The minimum absolute atomic E-state index is 0.287. The number of nitrogens with zero attached hydrogens (tertiary/aromatic N) is 1. The van der Waals surface area contributed by atoms with Crippen LogP contribution < -0.4 is 24.8 Å². The molecule has 2 N–H and O–H groups in total. The SMILES string of the molecule is COc1ccccc1Nc1ccnc(C(=O)Nc2ccc3c(c2)OCCO3)c1. The summed E-state index contributed by atoms with van der Waals surface area (Å²) in [5.74, 6) is 1.68. The Hall–Kier alpha value is -3.74. The van der Waals surface area contributed by atoms with Gasteiger partial charge in [-0.05, 0) is 36.4 Å². The second-order valence-corrected chi connectivity index (χ2v) is 6.07. The Morgan fingerprint density at radius 3 is 2.68 bits per heavy atom. The number of methoxy groups -OCH3 is 1. The Bertz CT molecular complexity index is 1010. The largest absolute Gasteiger partial charge is 0.495 e. The first kappa shape index (κ1) is 17.7. The van der Waals surface area contributed by atoms with Gasteiger partial charge in [0, 0.05) is 23.6 Å². The number of rotatable bonds is 5. The molecule has 0 saturated heterocycles. The zero-order valence-electron chi connectivity index (χ0n) is 15.3. The number of hydrogen-bond acceptors (Lipinski definition) is 6. The molecule has 0 unspecified atom stereocenters. The van der Waals surface area contributed by atoms with E-state index in [-0.39, 0.29) is 11.6 Å². The number of ether oxygens (including phenoxy) is 3. The average molecular weight is 377 g/mol. The highest BCUT2D eigenvalue weighted by Gasteiger charge is 2.14. The van der Waals surface area contributed by atoms with Crippen molar-refractivity contribution in [3.05, 3.63) is 66.5 Å². The summed E-state index contributed by atoms with van der Waals surface area (Å²) in [5.41, 5.74) is 2.43. The van der Waals surface area contributed by atoms with Gasteiger partial charge < -0.3 is 24.8 Å². The first-order chi connectivity index (χ1) is 13.7. The van der Waals surface area contributed by atoms with Gasteiger partial charge >= 0.3 is 0 Å². The topological polar surface area (TPSA) is 81.7 Å². The average Bonchev–Trinajstić information content (AvgIpc) is 2.74. The van der Waals surface area contributed by atoms with Crippen molar-refractivity contribution >= 4 is 23.0 Å². The van der Waals surface area contributed by atoms with Crippen molar-refractivity contribution in [2.45, 2.75) is 0 Å². The van der Waals surface area contributed by atoms with E-state index in [9.17, 15) is 4.79 Å². The van der Waals surface area contributed by atoms with Gasteiger partial charge in [0.25, 0.3) is 5.91 Å². The van der Waals surface area contributed by atoms with Gasteiger partial charge in [0.2, 0.25) is 0 Å². The smallest absolute Gasteiger partial charge is 0.274 e. The van der Waals surface area contributed by atoms with E-state index >= 15 is 0 Å². The fourth-order valence-electron chi connectivity index (χ4n) is 2.85. The standard InChI is InChI=1S/C21H19N3O4/c1-26-18-5-3-2-4-16(18)23-15-8-9-22-17(12-15)21(25)24-14-6-7-19-20(13-14)28-11-10-27-19/h2-9,12-13H,10-11H2,1H3,(H,22,23)(H,24,25). The molecular weight excluding hydrogens is 358 g/mol. The van der Waals surface area contributed by atoms with Crippen molar-refractivity contribution in [2.24, 2.45) is 0 Å². The number of hydrogen-bond donors (Lipinski definition) is 2. The van der Waals surface area contributed by atoms with Gasteiger partial charge in [-0.2, -0.15) is 0 Å². The van der Waals surface area contributed by atoms with Crippen molar-refractivity contribution < 1.29 is 19.0 Å². The fraction of sp³-hybridized carbons (Fsp3) is 0.143. The second kappa shape index (κ2) is 7.87. The van der Waals surface area contributed by atoms with E-state index in [1.54, 1.807) is 43.6 Å². The highest BCUT2D eigenvalue weighted by molar-refractivity contribution is 6.03. The molecule has 1 amide bonds. The maximum Gasteiger partial charge on any atom is 0.274 e. The lowest BCUT2D eigenvalue weighted by molar-refractivity contribution is 0.102. The summed E-state index contributed by atoms with van der Waals surface area (Å²) in [6.45, 7) is 1.01. The number of para-hydroxylation sites is 2. The quantitative estimate of drug-likeness (QED) is 0.703. The molecule has 3 aromatic rings. The van der Waals surface area contributed by atoms with Crippen LogP contribution in [-0.4, -0.2) is 31.2 Å². The third-order valence-electron chi connectivity index (χ3n) is 4.18. The molecule has 28 heavy (non-hydrogen) atoms. The van der Waals surface area contributed by atoms with Gasteiger partial charge in [0.05, 0.1) is 12.8 Å². The molecule has 0 radical (unpaired) electrons. The van der Waals surface area contributed by atoms with Crippen LogP contribution in [0.1, 0.15) is 10.5 Å². The predicted octanol–water partition coefficient (Wildman–Crippen LogP) is 3.86. The van der Waals surface area contributed by atoms with E-state index in [0.717, 1.165) is 11.4 Å². The van der Waals surface area contributed by atoms with Crippen LogP contribution in [0.3, 0.4) is 0 Å². The van der Waals surface area contributed by atoms with Gasteiger partial charge in [-0.25, -0.2) is 0 Å². The number of nitrogens with one attached hydrogen (secondary N) is 2. The van der Waals surface area contributed by atoms with Crippen molar-refractivity contribution in [1.29, 1.82) is 0 Å². The zero-order chi connectivity index (χ0) is 19.3. The molecule has 2 aromatic carbocycles. The number of carbonyl (C=O) groups excluding carboxylic acids is 1. The third kappa shape index (κ3) is 3.83. The highest BCUT2D eigenvalue weighted by atomic mass is 16.6. The number of benzene rings is 2.